The Morgan fingerprint density at radius 2 is 1.76 bits per heavy atom. The Hall–Kier alpha value is -4.99. The number of aromatic nitrogens is 1. The van der Waals surface area contributed by atoms with Crippen LogP contribution in [0, 0.1) is 0 Å². The number of H-pyrrole nitrogens is 1. The van der Waals surface area contributed by atoms with Crippen molar-refractivity contribution in [3.63, 3.8) is 0 Å². The number of benzene rings is 2. The molecule has 1 aromatic heterocycles. The molecule has 10 heteroatoms. The summed E-state index contributed by atoms with van der Waals surface area (Å²) in [5.74, 6) is 0.918. The van der Waals surface area contributed by atoms with Gasteiger partial charge in [0.1, 0.15) is 6.04 Å². The number of carbonyl (C=O) groups is 2. The van der Waals surface area contributed by atoms with Gasteiger partial charge in [-0.15, -0.1) is 0 Å². The topological polar surface area (TPSA) is 131 Å². The summed E-state index contributed by atoms with van der Waals surface area (Å²) in [5, 5.41) is 9.96. The molecule has 10 nitrogen and oxygen atoms in total. The molecule has 4 N–H and O–H groups in total. The van der Waals surface area contributed by atoms with Crippen LogP contribution in [0.2, 0.25) is 0 Å². The van der Waals surface area contributed by atoms with E-state index in [0.29, 0.717) is 46.9 Å². The molecule has 3 aromatic carbocycles. The lowest BCUT2D eigenvalue weighted by atomic mass is 9.95. The summed E-state index contributed by atoms with van der Waals surface area (Å²) >= 11 is 0. The van der Waals surface area contributed by atoms with Crippen molar-refractivity contribution < 1.29 is 23.8 Å². The van der Waals surface area contributed by atoms with Gasteiger partial charge in [0.05, 0.1) is 33.1 Å². The number of methoxy groups -OCH3 is 3. The van der Waals surface area contributed by atoms with Crippen LogP contribution >= 0.6 is 0 Å². The Kier molecular flexibility index (Phi) is 8.06. The second-order valence-corrected chi connectivity index (χ2v) is 10.2. The second-order valence-electron chi connectivity index (χ2n) is 10.2. The molecular formula is C32H34N4O6. The quantitative estimate of drug-likeness (QED) is 0.240. The highest BCUT2D eigenvalue weighted by molar-refractivity contribution is 5.98. The van der Waals surface area contributed by atoms with Crippen LogP contribution in [0.4, 0.5) is 11.4 Å². The van der Waals surface area contributed by atoms with Crippen LogP contribution in [-0.4, -0.2) is 44.2 Å². The van der Waals surface area contributed by atoms with Crippen molar-refractivity contribution in [2.45, 2.75) is 38.8 Å². The molecular weight excluding hydrogens is 536 g/mol. The number of amides is 2. The Bertz CT molecular complexity index is 1730. The third-order valence-electron chi connectivity index (χ3n) is 7.50. The zero-order valence-electron chi connectivity index (χ0n) is 24.2. The minimum absolute atomic E-state index is 0.209. The first kappa shape index (κ1) is 28.5. The Labute approximate surface area is 243 Å². The van der Waals surface area contributed by atoms with Gasteiger partial charge in [-0.2, -0.15) is 0 Å². The standard InChI is InChI=1S/C32H34N4O6/c1-17(32(39)36-21-7-10-24-19(14-21)12-13-33-24)34-26-11-8-22-23(16-27(26)38)25(35-18(2)37)9-6-20-15-28(40-3)30(41-4)31(42-5)29(20)22/h7-8,10-17,25,33H,6,9H2,1-5H3,(H,34,38)(H,35,37)(H,36,39). The van der Waals surface area contributed by atoms with Crippen LogP contribution in [0.25, 0.3) is 22.0 Å². The SMILES string of the molecule is COc1cc2c(c(OC)c1OC)-c1ccc(NC(C)C(=O)Nc3ccc4[nH]ccc4c3)c(=O)cc1C(NC(C)=O)CC2. The molecule has 4 aromatic rings. The van der Waals surface area contributed by atoms with Crippen LogP contribution < -0.4 is 35.6 Å². The van der Waals surface area contributed by atoms with Gasteiger partial charge in [-0.3, -0.25) is 14.4 Å². The predicted octanol–water partition coefficient (Wildman–Crippen LogP) is 4.78. The average Bonchev–Trinajstić information content (AvgIpc) is 3.32. The number of fused-ring (bicyclic) bond motifs is 4. The van der Waals surface area contributed by atoms with Crippen LogP contribution in [0.3, 0.4) is 0 Å². The molecule has 2 amide bonds. The number of rotatable bonds is 8. The molecule has 1 heterocycles. The van der Waals surface area contributed by atoms with Crippen molar-refractivity contribution in [2.75, 3.05) is 32.0 Å². The van der Waals surface area contributed by atoms with Crippen molar-refractivity contribution in [1.82, 2.24) is 10.3 Å². The Morgan fingerprint density at radius 3 is 2.48 bits per heavy atom. The molecule has 1 aliphatic rings. The van der Waals surface area contributed by atoms with Gasteiger partial charge in [-0.1, -0.05) is 6.07 Å². The third kappa shape index (κ3) is 5.47. The molecule has 0 fully saturated rings. The minimum Gasteiger partial charge on any atom is -0.493 e. The summed E-state index contributed by atoms with van der Waals surface area (Å²) in [6, 6.07) is 13.3. The van der Waals surface area contributed by atoms with E-state index in [0.717, 1.165) is 22.0 Å². The number of ether oxygens (including phenoxy) is 3. The monoisotopic (exact) mass is 570 g/mol. The second kappa shape index (κ2) is 11.9. The fraction of sp³-hybridized carbons (Fsp3) is 0.281. The average molecular weight is 571 g/mol. The molecule has 0 saturated carbocycles. The molecule has 42 heavy (non-hydrogen) atoms. The van der Waals surface area contributed by atoms with Gasteiger partial charge >= 0.3 is 0 Å². The lowest BCUT2D eigenvalue weighted by Crippen LogP contribution is -2.33. The lowest BCUT2D eigenvalue weighted by molar-refractivity contribution is -0.119. The summed E-state index contributed by atoms with van der Waals surface area (Å²) < 4.78 is 17.1. The van der Waals surface area contributed by atoms with Gasteiger partial charge < -0.3 is 35.1 Å². The maximum absolute atomic E-state index is 13.6. The first-order valence-electron chi connectivity index (χ1n) is 13.7. The molecule has 0 spiro atoms. The van der Waals surface area contributed by atoms with Crippen molar-refractivity contribution in [3.05, 3.63) is 76.1 Å². The van der Waals surface area contributed by atoms with Gasteiger partial charge in [0, 0.05) is 35.3 Å². The maximum atomic E-state index is 13.6. The van der Waals surface area contributed by atoms with Gasteiger partial charge in [0.25, 0.3) is 0 Å². The Balaban J connectivity index is 1.54. The van der Waals surface area contributed by atoms with E-state index in [9.17, 15) is 14.4 Å². The number of aryl methyl sites for hydroxylation is 1. The number of carbonyl (C=O) groups excluding carboxylic acids is 2. The largest absolute Gasteiger partial charge is 0.493 e. The number of hydrogen-bond donors (Lipinski definition) is 4. The highest BCUT2D eigenvalue weighted by atomic mass is 16.5. The maximum Gasteiger partial charge on any atom is 0.246 e. The van der Waals surface area contributed by atoms with E-state index in [1.807, 2.05) is 42.6 Å². The van der Waals surface area contributed by atoms with Crippen LogP contribution in [0.5, 0.6) is 17.2 Å². The number of aromatic amines is 1. The zero-order chi connectivity index (χ0) is 30.0. The van der Waals surface area contributed by atoms with E-state index in [1.165, 1.54) is 20.1 Å². The van der Waals surface area contributed by atoms with Crippen LogP contribution in [-0.2, 0) is 16.0 Å². The minimum atomic E-state index is -0.723. The lowest BCUT2D eigenvalue weighted by Gasteiger charge is -2.19. The van der Waals surface area contributed by atoms with Gasteiger partial charge in [0.2, 0.25) is 23.0 Å². The molecule has 0 bridgehead atoms. The zero-order valence-corrected chi connectivity index (χ0v) is 24.2. The fourth-order valence-corrected chi connectivity index (χ4v) is 5.51. The van der Waals surface area contributed by atoms with Crippen LogP contribution in [0.1, 0.15) is 37.4 Å². The van der Waals surface area contributed by atoms with Gasteiger partial charge in [-0.05, 0) is 78.9 Å². The van der Waals surface area contributed by atoms with Crippen LogP contribution in [0.15, 0.2) is 59.5 Å². The molecule has 1 aliphatic carbocycles. The molecule has 2 unspecified atom stereocenters. The Morgan fingerprint density at radius 1 is 0.976 bits per heavy atom. The van der Waals surface area contributed by atoms with Crippen molar-refractivity contribution >= 4 is 34.1 Å². The van der Waals surface area contributed by atoms with Crippen molar-refractivity contribution in [3.8, 4) is 28.4 Å². The summed E-state index contributed by atoms with van der Waals surface area (Å²) in [6.07, 6.45) is 2.99. The van der Waals surface area contributed by atoms with E-state index in [2.05, 4.69) is 20.9 Å². The summed E-state index contributed by atoms with van der Waals surface area (Å²) in [4.78, 5) is 41.9. The molecule has 0 saturated heterocycles. The third-order valence-corrected chi connectivity index (χ3v) is 7.50. The number of nitrogens with one attached hydrogen (secondary N) is 4. The van der Waals surface area contributed by atoms with Crippen molar-refractivity contribution in [1.29, 1.82) is 0 Å². The number of anilines is 2. The van der Waals surface area contributed by atoms with E-state index >= 15 is 0 Å². The summed E-state index contributed by atoms with van der Waals surface area (Å²) in [5.41, 5.74) is 4.59. The number of hydrogen-bond acceptors (Lipinski definition) is 7. The van der Waals surface area contributed by atoms with E-state index in [-0.39, 0.29) is 22.9 Å². The molecule has 218 valence electrons. The molecule has 0 radical (unpaired) electrons. The predicted molar refractivity (Wildman–Crippen MR) is 163 cm³/mol. The molecule has 5 rings (SSSR count). The van der Waals surface area contributed by atoms with E-state index in [4.69, 9.17) is 14.2 Å². The van der Waals surface area contributed by atoms with Gasteiger partial charge in [0.15, 0.2) is 11.5 Å². The van der Waals surface area contributed by atoms with E-state index in [1.54, 1.807) is 27.2 Å². The first-order chi connectivity index (χ1) is 20.2. The van der Waals surface area contributed by atoms with Gasteiger partial charge in [-0.25, -0.2) is 0 Å². The first-order valence-corrected chi connectivity index (χ1v) is 13.7. The highest BCUT2D eigenvalue weighted by Crippen LogP contribution is 2.50. The molecule has 2 atom stereocenters. The van der Waals surface area contributed by atoms with E-state index < -0.39 is 12.1 Å². The highest BCUT2D eigenvalue weighted by Gasteiger charge is 2.29. The summed E-state index contributed by atoms with van der Waals surface area (Å²) in [7, 11) is 4.65. The molecule has 0 aliphatic heterocycles. The fourth-order valence-electron chi connectivity index (χ4n) is 5.51. The smallest absolute Gasteiger partial charge is 0.246 e. The summed E-state index contributed by atoms with van der Waals surface area (Å²) in [6.45, 7) is 3.14. The van der Waals surface area contributed by atoms with Crippen molar-refractivity contribution in [2.24, 2.45) is 0 Å². The normalized spacial score (nSPS) is 14.5.